The van der Waals surface area contributed by atoms with Crippen LogP contribution >= 0.6 is 0 Å². The molecule has 1 aromatic heterocycles. The highest BCUT2D eigenvalue weighted by Gasteiger charge is 2.23. The summed E-state index contributed by atoms with van der Waals surface area (Å²) in [5.74, 6) is 1.21. The average molecular weight is 273 g/mol. The predicted octanol–water partition coefficient (Wildman–Crippen LogP) is 3.11. The van der Waals surface area contributed by atoms with Crippen LogP contribution in [0.15, 0.2) is 42.6 Å². The minimum atomic E-state index is -0.153. The summed E-state index contributed by atoms with van der Waals surface area (Å²) < 4.78 is 11.4. The van der Waals surface area contributed by atoms with Gasteiger partial charge in [-0.1, -0.05) is 38.1 Å². The third kappa shape index (κ3) is 3.08. The van der Waals surface area contributed by atoms with Gasteiger partial charge in [0.25, 0.3) is 5.88 Å². The third-order valence-electron chi connectivity index (χ3n) is 2.91. The van der Waals surface area contributed by atoms with Gasteiger partial charge in [0.05, 0.1) is 6.61 Å². The Labute approximate surface area is 119 Å². The SMILES string of the molecule is CC.OCc1ccc(C2COc3cccnc3O2)cc1. The summed E-state index contributed by atoms with van der Waals surface area (Å²) in [5, 5.41) is 9.00. The topological polar surface area (TPSA) is 51.6 Å². The van der Waals surface area contributed by atoms with E-state index in [-0.39, 0.29) is 12.7 Å². The molecule has 0 amide bonds. The lowest BCUT2D eigenvalue weighted by atomic mass is 10.1. The van der Waals surface area contributed by atoms with Crippen molar-refractivity contribution in [3.63, 3.8) is 0 Å². The Morgan fingerprint density at radius 2 is 1.95 bits per heavy atom. The van der Waals surface area contributed by atoms with Gasteiger partial charge >= 0.3 is 0 Å². The van der Waals surface area contributed by atoms with Crippen LogP contribution in [0.3, 0.4) is 0 Å². The molecule has 1 aliphatic heterocycles. The largest absolute Gasteiger partial charge is 0.484 e. The van der Waals surface area contributed by atoms with Crippen LogP contribution in [0, 0.1) is 0 Å². The van der Waals surface area contributed by atoms with Gasteiger partial charge in [0.2, 0.25) is 0 Å². The quantitative estimate of drug-likeness (QED) is 0.913. The zero-order valence-corrected chi connectivity index (χ0v) is 11.7. The van der Waals surface area contributed by atoms with Crippen LogP contribution in [-0.2, 0) is 6.61 Å². The molecule has 0 bridgehead atoms. The Bertz CT molecular complexity index is 540. The average Bonchev–Trinajstić information content (AvgIpc) is 2.56. The number of aromatic nitrogens is 1. The van der Waals surface area contributed by atoms with E-state index in [9.17, 15) is 0 Å². The lowest BCUT2D eigenvalue weighted by Gasteiger charge is -2.25. The number of fused-ring (bicyclic) bond motifs is 1. The van der Waals surface area contributed by atoms with Crippen molar-refractivity contribution in [2.45, 2.75) is 26.6 Å². The summed E-state index contributed by atoms with van der Waals surface area (Å²) in [6, 6.07) is 11.3. The first-order valence-electron chi connectivity index (χ1n) is 6.81. The maximum atomic E-state index is 9.00. The van der Waals surface area contributed by atoms with Crippen molar-refractivity contribution < 1.29 is 14.6 Å². The second-order valence-electron chi connectivity index (χ2n) is 4.12. The zero-order valence-electron chi connectivity index (χ0n) is 11.7. The molecule has 1 atom stereocenters. The monoisotopic (exact) mass is 273 g/mol. The van der Waals surface area contributed by atoms with Crippen LogP contribution < -0.4 is 9.47 Å². The summed E-state index contributed by atoms with van der Waals surface area (Å²) in [6.45, 7) is 4.52. The Balaban J connectivity index is 0.000000704. The molecular formula is C16H19NO3. The van der Waals surface area contributed by atoms with E-state index in [1.807, 2.05) is 50.2 Å². The van der Waals surface area contributed by atoms with Gasteiger partial charge in [-0.05, 0) is 23.3 Å². The van der Waals surface area contributed by atoms with E-state index >= 15 is 0 Å². The van der Waals surface area contributed by atoms with Crippen LogP contribution in [0.25, 0.3) is 0 Å². The number of benzene rings is 1. The van der Waals surface area contributed by atoms with Gasteiger partial charge in [-0.25, -0.2) is 4.98 Å². The molecule has 3 rings (SSSR count). The molecule has 0 spiro atoms. The highest BCUT2D eigenvalue weighted by atomic mass is 16.6. The maximum Gasteiger partial charge on any atom is 0.257 e. The van der Waals surface area contributed by atoms with Crippen molar-refractivity contribution in [1.82, 2.24) is 4.98 Å². The van der Waals surface area contributed by atoms with E-state index < -0.39 is 0 Å². The van der Waals surface area contributed by atoms with Gasteiger partial charge in [-0.3, -0.25) is 0 Å². The molecule has 0 saturated heterocycles. The number of aliphatic hydroxyl groups excluding tert-OH is 1. The molecule has 1 aliphatic rings. The van der Waals surface area contributed by atoms with E-state index in [0.717, 1.165) is 11.1 Å². The minimum Gasteiger partial charge on any atom is -0.484 e. The first-order chi connectivity index (χ1) is 9.86. The van der Waals surface area contributed by atoms with E-state index in [4.69, 9.17) is 14.6 Å². The Morgan fingerprint density at radius 1 is 1.20 bits per heavy atom. The zero-order chi connectivity index (χ0) is 14.4. The molecular weight excluding hydrogens is 254 g/mol. The number of ether oxygens (including phenoxy) is 2. The first kappa shape index (κ1) is 14.3. The second-order valence-corrected chi connectivity index (χ2v) is 4.12. The molecule has 2 aromatic rings. The van der Waals surface area contributed by atoms with E-state index in [0.29, 0.717) is 18.2 Å². The lowest BCUT2D eigenvalue weighted by Crippen LogP contribution is -2.22. The second kappa shape index (κ2) is 6.91. The fourth-order valence-corrected chi connectivity index (χ4v) is 1.91. The molecule has 0 saturated carbocycles. The Kier molecular flexibility index (Phi) is 4.96. The summed E-state index contributed by atoms with van der Waals surface area (Å²) in [7, 11) is 0. The predicted molar refractivity (Wildman–Crippen MR) is 76.8 cm³/mol. The molecule has 4 nitrogen and oxygen atoms in total. The van der Waals surface area contributed by atoms with Crippen LogP contribution in [0.2, 0.25) is 0 Å². The molecule has 1 aromatic carbocycles. The molecule has 0 aliphatic carbocycles. The highest BCUT2D eigenvalue weighted by Crippen LogP contribution is 2.33. The standard InChI is InChI=1S/C14H13NO3.C2H6/c16-8-10-3-5-11(6-4-10)13-9-17-12-2-1-7-15-14(12)18-13;1-2/h1-7,13,16H,8-9H2;1-2H3. The number of hydrogen-bond donors (Lipinski definition) is 1. The van der Waals surface area contributed by atoms with Crippen molar-refractivity contribution in [3.8, 4) is 11.6 Å². The van der Waals surface area contributed by atoms with Gasteiger partial charge in [0.15, 0.2) is 11.9 Å². The molecule has 2 heterocycles. The first-order valence-corrected chi connectivity index (χ1v) is 6.81. The van der Waals surface area contributed by atoms with Crippen molar-refractivity contribution in [1.29, 1.82) is 0 Å². The van der Waals surface area contributed by atoms with Gasteiger partial charge in [-0.15, -0.1) is 0 Å². The Hall–Kier alpha value is -2.07. The molecule has 4 heteroatoms. The summed E-state index contributed by atoms with van der Waals surface area (Å²) >= 11 is 0. The number of hydrogen-bond acceptors (Lipinski definition) is 4. The molecule has 106 valence electrons. The molecule has 1 unspecified atom stereocenters. The van der Waals surface area contributed by atoms with Crippen molar-refractivity contribution >= 4 is 0 Å². The van der Waals surface area contributed by atoms with Crippen molar-refractivity contribution in [2.24, 2.45) is 0 Å². The van der Waals surface area contributed by atoms with E-state index in [1.165, 1.54) is 0 Å². The van der Waals surface area contributed by atoms with Crippen LogP contribution in [0.4, 0.5) is 0 Å². The van der Waals surface area contributed by atoms with Crippen LogP contribution in [-0.4, -0.2) is 16.7 Å². The number of pyridine rings is 1. The highest BCUT2D eigenvalue weighted by molar-refractivity contribution is 5.35. The van der Waals surface area contributed by atoms with Gasteiger partial charge in [-0.2, -0.15) is 0 Å². The molecule has 20 heavy (non-hydrogen) atoms. The number of aliphatic hydroxyl groups is 1. The Morgan fingerprint density at radius 3 is 2.65 bits per heavy atom. The maximum absolute atomic E-state index is 9.00. The lowest BCUT2D eigenvalue weighted by molar-refractivity contribution is 0.0850. The smallest absolute Gasteiger partial charge is 0.257 e. The van der Waals surface area contributed by atoms with Crippen LogP contribution in [0.5, 0.6) is 11.6 Å². The van der Waals surface area contributed by atoms with Gasteiger partial charge in [0.1, 0.15) is 6.61 Å². The molecule has 0 radical (unpaired) electrons. The summed E-state index contributed by atoms with van der Waals surface area (Å²) in [4.78, 5) is 4.14. The normalized spacial score (nSPS) is 16.1. The fraction of sp³-hybridized carbons (Fsp3) is 0.312. The number of nitrogens with zero attached hydrogens (tertiary/aromatic N) is 1. The van der Waals surface area contributed by atoms with Gasteiger partial charge in [0, 0.05) is 6.20 Å². The minimum absolute atomic E-state index is 0.0483. The van der Waals surface area contributed by atoms with Crippen molar-refractivity contribution in [3.05, 3.63) is 53.7 Å². The third-order valence-corrected chi connectivity index (χ3v) is 2.91. The summed E-state index contributed by atoms with van der Waals surface area (Å²) in [5.41, 5.74) is 1.90. The number of rotatable bonds is 2. The summed E-state index contributed by atoms with van der Waals surface area (Å²) in [6.07, 6.45) is 1.53. The van der Waals surface area contributed by atoms with Crippen LogP contribution in [0.1, 0.15) is 31.1 Å². The van der Waals surface area contributed by atoms with E-state index in [1.54, 1.807) is 6.20 Å². The molecule has 0 fully saturated rings. The van der Waals surface area contributed by atoms with E-state index in [2.05, 4.69) is 4.98 Å². The van der Waals surface area contributed by atoms with Gasteiger partial charge < -0.3 is 14.6 Å². The molecule has 1 N–H and O–H groups in total. The van der Waals surface area contributed by atoms with Crippen molar-refractivity contribution in [2.75, 3.05) is 6.61 Å². The fourth-order valence-electron chi connectivity index (χ4n) is 1.91.